The topological polar surface area (TPSA) is 26.0 Å². The maximum Gasteiger partial charge on any atom is 0.0488 e. The summed E-state index contributed by atoms with van der Waals surface area (Å²) in [5.74, 6) is 0.839. The van der Waals surface area contributed by atoms with Gasteiger partial charge >= 0.3 is 0 Å². The number of fused-ring (bicyclic) bond motifs is 1. The standard InChI is InChI=1S/C16H20BrNS/c17-14-8-4-7-12-13(10-19-16(12)14)15(18)9-11-5-2-1-3-6-11/h4,7-8,10-11,15H,1-3,5-6,9,18H2. The molecule has 1 fully saturated rings. The van der Waals surface area contributed by atoms with E-state index in [-0.39, 0.29) is 6.04 Å². The van der Waals surface area contributed by atoms with Crippen LogP contribution >= 0.6 is 27.3 Å². The lowest BCUT2D eigenvalue weighted by molar-refractivity contribution is 0.320. The molecule has 0 aliphatic heterocycles. The largest absolute Gasteiger partial charge is 0.324 e. The van der Waals surface area contributed by atoms with Gasteiger partial charge in [0, 0.05) is 15.2 Å². The summed E-state index contributed by atoms with van der Waals surface area (Å²) in [6.07, 6.45) is 8.11. The number of nitrogens with two attached hydrogens (primary N) is 1. The first kappa shape index (κ1) is 13.6. The number of benzene rings is 1. The molecule has 2 aromatic rings. The Labute approximate surface area is 127 Å². The predicted molar refractivity (Wildman–Crippen MR) is 87.6 cm³/mol. The second-order valence-corrected chi connectivity index (χ2v) is 7.39. The molecule has 1 nitrogen and oxygen atoms in total. The maximum absolute atomic E-state index is 6.48. The van der Waals surface area contributed by atoms with Crippen LogP contribution in [0.1, 0.15) is 50.1 Å². The number of hydrogen-bond donors (Lipinski definition) is 1. The summed E-state index contributed by atoms with van der Waals surface area (Å²) in [4.78, 5) is 0. The van der Waals surface area contributed by atoms with Gasteiger partial charge in [0.05, 0.1) is 0 Å². The van der Waals surface area contributed by atoms with Crippen LogP contribution < -0.4 is 5.73 Å². The van der Waals surface area contributed by atoms with Crippen molar-refractivity contribution in [1.29, 1.82) is 0 Å². The minimum atomic E-state index is 0.200. The highest BCUT2D eigenvalue weighted by atomic mass is 79.9. The molecule has 0 radical (unpaired) electrons. The quantitative estimate of drug-likeness (QED) is 0.771. The summed E-state index contributed by atoms with van der Waals surface area (Å²) in [6, 6.07) is 6.61. The van der Waals surface area contributed by atoms with E-state index in [0.717, 1.165) is 12.3 Å². The molecule has 102 valence electrons. The van der Waals surface area contributed by atoms with Gasteiger partial charge in [-0.25, -0.2) is 0 Å². The molecule has 2 N–H and O–H groups in total. The van der Waals surface area contributed by atoms with Crippen LogP contribution in [0.2, 0.25) is 0 Å². The molecule has 0 bridgehead atoms. The molecule has 3 heteroatoms. The van der Waals surface area contributed by atoms with E-state index in [0.29, 0.717) is 0 Å². The molecule has 1 aromatic heterocycles. The van der Waals surface area contributed by atoms with Gasteiger partial charge in [-0.3, -0.25) is 0 Å². The van der Waals surface area contributed by atoms with E-state index in [9.17, 15) is 0 Å². The molecule has 0 amide bonds. The number of thiophene rings is 1. The molecule has 19 heavy (non-hydrogen) atoms. The van der Waals surface area contributed by atoms with Crippen molar-refractivity contribution >= 4 is 37.4 Å². The summed E-state index contributed by atoms with van der Waals surface area (Å²) < 4.78 is 2.52. The van der Waals surface area contributed by atoms with E-state index < -0.39 is 0 Å². The van der Waals surface area contributed by atoms with Crippen LogP contribution in [-0.2, 0) is 0 Å². The summed E-state index contributed by atoms with van der Waals surface area (Å²) >= 11 is 5.43. The zero-order chi connectivity index (χ0) is 13.2. The van der Waals surface area contributed by atoms with Crippen molar-refractivity contribution in [3.8, 4) is 0 Å². The Hall–Kier alpha value is -0.380. The first-order valence-electron chi connectivity index (χ1n) is 7.17. The number of rotatable bonds is 3. The zero-order valence-corrected chi connectivity index (χ0v) is 13.5. The van der Waals surface area contributed by atoms with E-state index in [1.807, 2.05) is 0 Å². The lowest BCUT2D eigenvalue weighted by Crippen LogP contribution is -2.17. The maximum atomic E-state index is 6.48. The van der Waals surface area contributed by atoms with Gasteiger partial charge in [0.1, 0.15) is 0 Å². The SMILES string of the molecule is NC(CC1CCCCC1)c1csc2c(Br)cccc12. The summed E-state index contributed by atoms with van der Waals surface area (Å²) in [5.41, 5.74) is 7.82. The highest BCUT2D eigenvalue weighted by molar-refractivity contribution is 9.10. The Bertz CT molecular complexity index is 557. The van der Waals surface area contributed by atoms with Crippen molar-refractivity contribution in [1.82, 2.24) is 0 Å². The molecule has 1 aliphatic carbocycles. The normalized spacial score (nSPS) is 18.8. The van der Waals surface area contributed by atoms with E-state index in [1.54, 1.807) is 11.3 Å². The first-order valence-corrected chi connectivity index (χ1v) is 8.84. The van der Waals surface area contributed by atoms with Crippen LogP contribution in [0.5, 0.6) is 0 Å². The molecule has 1 heterocycles. The Morgan fingerprint density at radius 2 is 2.05 bits per heavy atom. The van der Waals surface area contributed by atoms with Crippen molar-refractivity contribution in [2.45, 2.75) is 44.6 Å². The fraction of sp³-hybridized carbons (Fsp3) is 0.500. The highest BCUT2D eigenvalue weighted by Gasteiger charge is 2.20. The van der Waals surface area contributed by atoms with Gasteiger partial charge in [-0.1, -0.05) is 44.2 Å². The van der Waals surface area contributed by atoms with Gasteiger partial charge in [-0.05, 0) is 50.7 Å². The fourth-order valence-corrected chi connectivity index (χ4v) is 4.92. The van der Waals surface area contributed by atoms with Crippen LogP contribution in [0.3, 0.4) is 0 Å². The monoisotopic (exact) mass is 337 g/mol. The molecular weight excluding hydrogens is 318 g/mol. The van der Waals surface area contributed by atoms with Gasteiger partial charge in [-0.2, -0.15) is 0 Å². The van der Waals surface area contributed by atoms with Crippen molar-refractivity contribution < 1.29 is 0 Å². The molecule has 1 atom stereocenters. The van der Waals surface area contributed by atoms with Gasteiger partial charge < -0.3 is 5.73 Å². The summed E-state index contributed by atoms with van der Waals surface area (Å²) in [7, 11) is 0. The minimum absolute atomic E-state index is 0.200. The second-order valence-electron chi connectivity index (χ2n) is 5.65. The predicted octanol–water partition coefficient (Wildman–Crippen LogP) is 5.63. The molecule has 1 aromatic carbocycles. The van der Waals surface area contributed by atoms with Gasteiger partial charge in [-0.15, -0.1) is 11.3 Å². The van der Waals surface area contributed by atoms with Crippen LogP contribution in [0.15, 0.2) is 28.1 Å². The lowest BCUT2D eigenvalue weighted by Gasteiger charge is -2.24. The van der Waals surface area contributed by atoms with E-state index in [4.69, 9.17) is 5.73 Å². The van der Waals surface area contributed by atoms with Gasteiger partial charge in [0.25, 0.3) is 0 Å². The first-order chi connectivity index (χ1) is 9.25. The Kier molecular flexibility index (Phi) is 4.25. The van der Waals surface area contributed by atoms with Crippen LogP contribution in [0, 0.1) is 5.92 Å². The highest BCUT2D eigenvalue weighted by Crippen LogP contribution is 2.38. The van der Waals surface area contributed by atoms with Crippen molar-refractivity contribution in [2.24, 2.45) is 11.7 Å². The smallest absolute Gasteiger partial charge is 0.0488 e. The average molecular weight is 338 g/mol. The van der Waals surface area contributed by atoms with Gasteiger partial charge in [0.2, 0.25) is 0 Å². The van der Waals surface area contributed by atoms with E-state index >= 15 is 0 Å². The summed E-state index contributed by atoms with van der Waals surface area (Å²) in [6.45, 7) is 0. The third-order valence-electron chi connectivity index (χ3n) is 4.29. The third kappa shape index (κ3) is 2.88. The molecule has 1 unspecified atom stereocenters. The van der Waals surface area contributed by atoms with Gasteiger partial charge in [0.15, 0.2) is 0 Å². The number of hydrogen-bond acceptors (Lipinski definition) is 2. The molecule has 0 spiro atoms. The number of halogens is 1. The minimum Gasteiger partial charge on any atom is -0.324 e. The molecule has 1 saturated carbocycles. The molecule has 0 saturated heterocycles. The van der Waals surface area contributed by atoms with Crippen LogP contribution in [0.4, 0.5) is 0 Å². The summed E-state index contributed by atoms with van der Waals surface area (Å²) in [5, 5.41) is 3.59. The van der Waals surface area contributed by atoms with E-state index in [1.165, 1.54) is 52.2 Å². The molecule has 1 aliphatic rings. The van der Waals surface area contributed by atoms with Crippen molar-refractivity contribution in [2.75, 3.05) is 0 Å². The molecular formula is C16H20BrNS. The Balaban J connectivity index is 1.81. The Morgan fingerprint density at radius 3 is 2.84 bits per heavy atom. The zero-order valence-electron chi connectivity index (χ0n) is 11.1. The van der Waals surface area contributed by atoms with Crippen molar-refractivity contribution in [3.05, 3.63) is 33.6 Å². The van der Waals surface area contributed by atoms with Crippen molar-refractivity contribution in [3.63, 3.8) is 0 Å². The third-order valence-corrected chi connectivity index (χ3v) is 6.26. The van der Waals surface area contributed by atoms with Crippen LogP contribution in [0.25, 0.3) is 10.1 Å². The lowest BCUT2D eigenvalue weighted by atomic mass is 9.83. The van der Waals surface area contributed by atoms with Crippen LogP contribution in [-0.4, -0.2) is 0 Å². The molecule has 3 rings (SSSR count). The second kappa shape index (κ2) is 5.94. The average Bonchev–Trinajstić information content (AvgIpc) is 2.85. The van der Waals surface area contributed by atoms with E-state index in [2.05, 4.69) is 39.5 Å². The Morgan fingerprint density at radius 1 is 1.26 bits per heavy atom. The fourth-order valence-electron chi connectivity index (χ4n) is 3.24.